The number of hydrogen-bond acceptors (Lipinski definition) is 7. The highest BCUT2D eigenvalue weighted by Gasteiger charge is 2.28. The van der Waals surface area contributed by atoms with Crippen LogP contribution < -0.4 is 9.47 Å². The van der Waals surface area contributed by atoms with Crippen LogP contribution in [0.4, 0.5) is 0 Å². The summed E-state index contributed by atoms with van der Waals surface area (Å²) in [5.41, 5.74) is 0.944. The van der Waals surface area contributed by atoms with Crippen LogP contribution in [-0.2, 0) is 32.5 Å². The summed E-state index contributed by atoms with van der Waals surface area (Å²) in [6.45, 7) is 2.26. The summed E-state index contributed by atoms with van der Waals surface area (Å²) in [4.78, 5) is 15.3. The molecule has 0 bridgehead atoms. The number of hydrogen-bond donors (Lipinski definition) is 0. The van der Waals surface area contributed by atoms with E-state index in [1.54, 1.807) is 37.3 Å². The van der Waals surface area contributed by atoms with Crippen molar-refractivity contribution in [2.75, 3.05) is 47.6 Å². The van der Waals surface area contributed by atoms with Crippen molar-refractivity contribution in [2.24, 2.45) is 0 Å². The summed E-state index contributed by atoms with van der Waals surface area (Å²) in [6, 6.07) is 17.3. The molecule has 1 aromatic heterocycles. The fraction of sp³-hybridized carbons (Fsp3) is 0.370. The number of rotatable bonds is 14. The number of carbonyl (C=O) groups excluding carboxylic acids is 1. The highest BCUT2D eigenvalue weighted by molar-refractivity contribution is 7.89. The van der Waals surface area contributed by atoms with Gasteiger partial charge in [0.05, 0.1) is 38.8 Å². The Kier molecular flexibility index (Phi) is 10.1. The number of sulfonamides is 1. The van der Waals surface area contributed by atoms with E-state index in [0.29, 0.717) is 30.2 Å². The molecule has 0 aliphatic carbocycles. The number of nitrogens with zero attached hydrogens (tertiary/aromatic N) is 2. The predicted octanol–water partition coefficient (Wildman–Crippen LogP) is 3.51. The first-order valence-electron chi connectivity index (χ1n) is 11.9. The van der Waals surface area contributed by atoms with E-state index in [1.807, 2.05) is 37.3 Å². The van der Waals surface area contributed by atoms with Crippen LogP contribution in [-0.4, -0.2) is 71.1 Å². The summed E-state index contributed by atoms with van der Waals surface area (Å²) >= 11 is 0. The zero-order valence-electron chi connectivity index (χ0n) is 21.7. The molecule has 1 amide bonds. The number of benzene rings is 2. The summed E-state index contributed by atoms with van der Waals surface area (Å²) in [6.07, 6.45) is 0.523. The molecule has 2 aromatic carbocycles. The summed E-state index contributed by atoms with van der Waals surface area (Å²) in [5, 5.41) is 0. The van der Waals surface area contributed by atoms with Gasteiger partial charge in [-0.25, -0.2) is 8.42 Å². The van der Waals surface area contributed by atoms with Gasteiger partial charge in [-0.1, -0.05) is 24.3 Å². The van der Waals surface area contributed by atoms with E-state index in [4.69, 9.17) is 18.6 Å². The normalized spacial score (nSPS) is 11.5. The van der Waals surface area contributed by atoms with E-state index in [1.165, 1.54) is 19.2 Å². The standard InChI is InChI=1S/C27H34N2O7S/c1-21-10-12-23(36-21)19-28(15-14-22-11-13-25(34-3)26(18-22)35-4)27(30)20-29(16-17-33-2)37(31,32)24-8-6-5-7-9-24/h5-13,18H,14-17,19-20H2,1-4H3. The van der Waals surface area contributed by atoms with E-state index in [2.05, 4.69) is 0 Å². The van der Waals surface area contributed by atoms with Crippen LogP contribution in [0.2, 0.25) is 0 Å². The first kappa shape index (κ1) is 28.2. The van der Waals surface area contributed by atoms with Crippen LogP contribution in [0.3, 0.4) is 0 Å². The van der Waals surface area contributed by atoms with Crippen molar-refractivity contribution in [3.8, 4) is 11.5 Å². The molecule has 9 nitrogen and oxygen atoms in total. The smallest absolute Gasteiger partial charge is 0.243 e. The van der Waals surface area contributed by atoms with E-state index >= 15 is 0 Å². The molecular weight excluding hydrogens is 496 g/mol. The van der Waals surface area contributed by atoms with Gasteiger partial charge in [-0.2, -0.15) is 4.31 Å². The highest BCUT2D eigenvalue weighted by atomic mass is 32.2. The number of ether oxygens (including phenoxy) is 3. The Morgan fingerprint density at radius 2 is 1.65 bits per heavy atom. The SMILES string of the molecule is COCCN(CC(=O)N(CCc1ccc(OC)c(OC)c1)Cc1ccc(C)o1)S(=O)(=O)c1ccccc1. The largest absolute Gasteiger partial charge is 0.493 e. The van der Waals surface area contributed by atoms with Gasteiger partial charge in [0.15, 0.2) is 11.5 Å². The molecule has 1 heterocycles. The fourth-order valence-electron chi connectivity index (χ4n) is 3.82. The van der Waals surface area contributed by atoms with Crippen molar-refractivity contribution in [2.45, 2.75) is 24.8 Å². The molecule has 37 heavy (non-hydrogen) atoms. The molecular formula is C27H34N2O7S. The van der Waals surface area contributed by atoms with Gasteiger partial charge in [0, 0.05) is 20.2 Å². The molecule has 0 aliphatic heterocycles. The van der Waals surface area contributed by atoms with Crippen LogP contribution in [0, 0.1) is 6.92 Å². The third kappa shape index (κ3) is 7.58. The quantitative estimate of drug-likeness (QED) is 0.315. The molecule has 0 fully saturated rings. The second-order valence-corrected chi connectivity index (χ2v) is 10.3. The highest BCUT2D eigenvalue weighted by Crippen LogP contribution is 2.28. The third-order valence-corrected chi connectivity index (χ3v) is 7.71. The molecule has 3 aromatic rings. The predicted molar refractivity (Wildman–Crippen MR) is 139 cm³/mol. The molecule has 0 saturated carbocycles. The van der Waals surface area contributed by atoms with Gasteiger partial charge >= 0.3 is 0 Å². The van der Waals surface area contributed by atoms with E-state index in [-0.39, 0.29) is 37.0 Å². The Bertz CT molecular complexity index is 1260. The maximum absolute atomic E-state index is 13.5. The molecule has 10 heteroatoms. The van der Waals surface area contributed by atoms with Crippen molar-refractivity contribution in [1.29, 1.82) is 0 Å². The Balaban J connectivity index is 1.83. The molecule has 0 aliphatic rings. The Morgan fingerprint density at radius 3 is 2.27 bits per heavy atom. The summed E-state index contributed by atoms with van der Waals surface area (Å²) in [7, 11) is 0.727. The van der Waals surface area contributed by atoms with Gasteiger partial charge in [0.2, 0.25) is 15.9 Å². The lowest BCUT2D eigenvalue weighted by Gasteiger charge is -2.27. The number of carbonyl (C=O) groups is 1. The minimum absolute atomic E-state index is 0.0445. The molecule has 0 unspecified atom stereocenters. The van der Waals surface area contributed by atoms with Crippen molar-refractivity contribution in [1.82, 2.24) is 9.21 Å². The van der Waals surface area contributed by atoms with Crippen molar-refractivity contribution >= 4 is 15.9 Å². The number of furan rings is 1. The van der Waals surface area contributed by atoms with Crippen LogP contribution >= 0.6 is 0 Å². The summed E-state index contributed by atoms with van der Waals surface area (Å²) < 4.78 is 49.3. The van der Waals surface area contributed by atoms with Gasteiger partial charge in [0.25, 0.3) is 0 Å². The first-order chi connectivity index (χ1) is 17.8. The van der Waals surface area contributed by atoms with E-state index in [0.717, 1.165) is 15.6 Å². The van der Waals surface area contributed by atoms with Crippen LogP contribution in [0.1, 0.15) is 17.1 Å². The van der Waals surface area contributed by atoms with Crippen LogP contribution in [0.25, 0.3) is 0 Å². The Hall–Kier alpha value is -3.34. The second kappa shape index (κ2) is 13.3. The van der Waals surface area contributed by atoms with Crippen molar-refractivity contribution in [3.05, 3.63) is 77.7 Å². The molecule has 3 rings (SSSR count). The Morgan fingerprint density at radius 1 is 0.919 bits per heavy atom. The molecule has 0 N–H and O–H groups in total. The van der Waals surface area contributed by atoms with Gasteiger partial charge in [-0.3, -0.25) is 4.79 Å². The lowest BCUT2D eigenvalue weighted by Crippen LogP contribution is -2.44. The van der Waals surface area contributed by atoms with Gasteiger partial charge < -0.3 is 23.5 Å². The third-order valence-electron chi connectivity index (χ3n) is 5.85. The zero-order valence-corrected chi connectivity index (χ0v) is 22.5. The van der Waals surface area contributed by atoms with Crippen LogP contribution in [0.5, 0.6) is 11.5 Å². The molecule has 0 saturated heterocycles. The zero-order chi connectivity index (χ0) is 26.8. The Labute approximate surface area is 218 Å². The molecule has 0 atom stereocenters. The topological polar surface area (TPSA) is 98.5 Å². The maximum Gasteiger partial charge on any atom is 0.243 e. The maximum atomic E-state index is 13.5. The lowest BCUT2D eigenvalue weighted by atomic mass is 10.1. The van der Waals surface area contributed by atoms with E-state index in [9.17, 15) is 13.2 Å². The summed E-state index contributed by atoms with van der Waals surface area (Å²) in [5.74, 6) is 2.22. The molecule has 0 radical (unpaired) electrons. The lowest BCUT2D eigenvalue weighted by molar-refractivity contribution is -0.132. The van der Waals surface area contributed by atoms with Gasteiger partial charge in [0.1, 0.15) is 11.5 Å². The van der Waals surface area contributed by atoms with Crippen molar-refractivity contribution < 1.29 is 31.8 Å². The minimum atomic E-state index is -3.90. The van der Waals surface area contributed by atoms with Gasteiger partial charge in [-0.05, 0) is 55.3 Å². The molecule has 200 valence electrons. The first-order valence-corrected chi connectivity index (χ1v) is 13.3. The average Bonchev–Trinajstić information content (AvgIpc) is 3.33. The number of methoxy groups -OCH3 is 3. The number of aryl methyl sites for hydroxylation is 1. The van der Waals surface area contributed by atoms with Gasteiger partial charge in [-0.15, -0.1) is 0 Å². The number of amides is 1. The van der Waals surface area contributed by atoms with Crippen LogP contribution in [0.15, 0.2) is 70.0 Å². The monoisotopic (exact) mass is 530 g/mol. The fourth-order valence-corrected chi connectivity index (χ4v) is 5.21. The molecule has 0 spiro atoms. The second-order valence-electron chi connectivity index (χ2n) is 8.41. The average molecular weight is 531 g/mol. The van der Waals surface area contributed by atoms with E-state index < -0.39 is 10.0 Å². The van der Waals surface area contributed by atoms with Crippen molar-refractivity contribution in [3.63, 3.8) is 0 Å². The minimum Gasteiger partial charge on any atom is -0.493 e.